The molecule has 18 heavy (non-hydrogen) atoms. The molecule has 0 aliphatic carbocycles. The number of likely N-dealkylation sites (tertiary alicyclic amines) is 1. The molecule has 2 aliphatic heterocycles. The molecule has 0 bridgehead atoms. The van der Waals surface area contributed by atoms with E-state index in [0.717, 1.165) is 54.6 Å². The van der Waals surface area contributed by atoms with E-state index in [2.05, 4.69) is 26.1 Å². The summed E-state index contributed by atoms with van der Waals surface area (Å²) >= 11 is 3.29. The van der Waals surface area contributed by atoms with Crippen LogP contribution in [0.1, 0.15) is 5.56 Å². The van der Waals surface area contributed by atoms with Crippen LogP contribution >= 0.6 is 28.3 Å². The first-order chi connectivity index (χ1) is 8.22. The zero-order valence-electron chi connectivity index (χ0n) is 10.0. The minimum Gasteiger partial charge on any atom is -0.316 e. The molecule has 1 aromatic carbocycles. The lowest BCUT2D eigenvalue weighted by Crippen LogP contribution is -2.25. The first-order valence-electron chi connectivity index (χ1n) is 6.09. The predicted octanol–water partition coefficient (Wildman–Crippen LogP) is 2.66. The van der Waals surface area contributed by atoms with Crippen molar-refractivity contribution in [3.63, 3.8) is 0 Å². The van der Waals surface area contributed by atoms with Crippen LogP contribution in [0.5, 0.6) is 0 Å². The Bertz CT molecular complexity index is 417. The third kappa shape index (κ3) is 2.87. The number of halogens is 3. The smallest absolute Gasteiger partial charge is 0.128 e. The summed E-state index contributed by atoms with van der Waals surface area (Å²) in [5.74, 6) is 1.44. The average Bonchev–Trinajstić information content (AvgIpc) is 2.82. The van der Waals surface area contributed by atoms with E-state index in [0.29, 0.717) is 0 Å². The number of nitrogens with one attached hydrogen (secondary N) is 1. The molecule has 0 aromatic heterocycles. The highest BCUT2D eigenvalue weighted by Gasteiger charge is 2.35. The fourth-order valence-electron chi connectivity index (χ4n) is 2.97. The second kappa shape index (κ2) is 5.87. The lowest BCUT2D eigenvalue weighted by Gasteiger charge is -2.17. The van der Waals surface area contributed by atoms with Gasteiger partial charge in [0, 0.05) is 29.7 Å². The lowest BCUT2D eigenvalue weighted by atomic mass is 10.0. The summed E-state index contributed by atoms with van der Waals surface area (Å²) in [5, 5.41) is 3.42. The fourth-order valence-corrected chi connectivity index (χ4v) is 3.31. The minimum absolute atomic E-state index is 0. The van der Waals surface area contributed by atoms with Crippen molar-refractivity contribution in [2.24, 2.45) is 11.8 Å². The van der Waals surface area contributed by atoms with E-state index >= 15 is 0 Å². The van der Waals surface area contributed by atoms with E-state index in [4.69, 9.17) is 0 Å². The normalized spacial score (nSPS) is 27.0. The standard InChI is InChI=1S/C13H16BrFN2.ClH/c14-12-2-1-9(13(15)3-12)6-17-7-10-4-16-5-11(10)8-17;/h1-3,10-11,16H,4-8H2;1H/t10-,11+;. The third-order valence-corrected chi connectivity index (χ3v) is 4.37. The molecule has 2 aliphatic rings. The Labute approximate surface area is 121 Å². The molecule has 2 fully saturated rings. The summed E-state index contributed by atoms with van der Waals surface area (Å²) in [5.41, 5.74) is 0.807. The van der Waals surface area contributed by atoms with Gasteiger partial charge in [-0.15, -0.1) is 12.4 Å². The van der Waals surface area contributed by atoms with Crippen LogP contribution in [0.25, 0.3) is 0 Å². The number of fused-ring (bicyclic) bond motifs is 1. The van der Waals surface area contributed by atoms with E-state index in [1.807, 2.05) is 12.1 Å². The van der Waals surface area contributed by atoms with Crippen molar-refractivity contribution in [2.75, 3.05) is 26.2 Å². The number of hydrogen-bond acceptors (Lipinski definition) is 2. The summed E-state index contributed by atoms with van der Waals surface area (Å²) in [6.07, 6.45) is 0. The van der Waals surface area contributed by atoms with Crippen LogP contribution < -0.4 is 5.32 Å². The van der Waals surface area contributed by atoms with Crippen LogP contribution in [0, 0.1) is 17.7 Å². The molecule has 0 amide bonds. The minimum atomic E-state index is -0.102. The fraction of sp³-hybridized carbons (Fsp3) is 0.538. The van der Waals surface area contributed by atoms with Gasteiger partial charge in [0.15, 0.2) is 0 Å². The van der Waals surface area contributed by atoms with Gasteiger partial charge in [0.25, 0.3) is 0 Å². The molecule has 2 nitrogen and oxygen atoms in total. The van der Waals surface area contributed by atoms with Crippen molar-refractivity contribution in [1.82, 2.24) is 10.2 Å². The van der Waals surface area contributed by atoms with Crippen LogP contribution in [0.15, 0.2) is 22.7 Å². The Morgan fingerprint density at radius 3 is 2.56 bits per heavy atom. The molecule has 0 saturated carbocycles. The molecule has 2 atom stereocenters. The zero-order valence-corrected chi connectivity index (χ0v) is 12.4. The molecular formula is C13H17BrClFN2. The number of benzene rings is 1. The Balaban J connectivity index is 0.00000120. The molecule has 2 heterocycles. The highest BCUT2D eigenvalue weighted by molar-refractivity contribution is 9.10. The second-order valence-corrected chi connectivity index (χ2v) is 6.02. The van der Waals surface area contributed by atoms with Crippen molar-refractivity contribution in [1.29, 1.82) is 0 Å². The van der Waals surface area contributed by atoms with Gasteiger partial charge >= 0.3 is 0 Å². The van der Waals surface area contributed by atoms with E-state index in [1.54, 1.807) is 6.07 Å². The van der Waals surface area contributed by atoms with Crippen LogP contribution in [0.2, 0.25) is 0 Å². The average molecular weight is 336 g/mol. The van der Waals surface area contributed by atoms with Gasteiger partial charge in [-0.3, -0.25) is 4.90 Å². The monoisotopic (exact) mass is 334 g/mol. The molecule has 3 rings (SSSR count). The van der Waals surface area contributed by atoms with Gasteiger partial charge in [-0.1, -0.05) is 22.0 Å². The van der Waals surface area contributed by atoms with E-state index in [9.17, 15) is 4.39 Å². The van der Waals surface area contributed by atoms with E-state index < -0.39 is 0 Å². The molecule has 0 spiro atoms. The Morgan fingerprint density at radius 2 is 1.94 bits per heavy atom. The van der Waals surface area contributed by atoms with Crippen LogP contribution in [-0.4, -0.2) is 31.1 Å². The Morgan fingerprint density at radius 1 is 1.28 bits per heavy atom. The van der Waals surface area contributed by atoms with Gasteiger partial charge in [-0.2, -0.15) is 0 Å². The molecule has 5 heteroatoms. The van der Waals surface area contributed by atoms with Crippen LogP contribution in [0.4, 0.5) is 4.39 Å². The van der Waals surface area contributed by atoms with Crippen molar-refractivity contribution >= 4 is 28.3 Å². The van der Waals surface area contributed by atoms with Crippen molar-refractivity contribution < 1.29 is 4.39 Å². The van der Waals surface area contributed by atoms with Crippen molar-refractivity contribution in [3.8, 4) is 0 Å². The van der Waals surface area contributed by atoms with Gasteiger partial charge in [-0.05, 0) is 37.1 Å². The molecule has 1 N–H and O–H groups in total. The number of nitrogens with zero attached hydrogens (tertiary/aromatic N) is 1. The zero-order chi connectivity index (χ0) is 11.8. The summed E-state index contributed by atoms with van der Waals surface area (Å²) in [6.45, 7) is 5.21. The van der Waals surface area contributed by atoms with Gasteiger partial charge in [0.05, 0.1) is 0 Å². The van der Waals surface area contributed by atoms with Crippen LogP contribution in [-0.2, 0) is 6.54 Å². The molecule has 1 aromatic rings. The largest absolute Gasteiger partial charge is 0.316 e. The van der Waals surface area contributed by atoms with Gasteiger partial charge in [0.1, 0.15) is 5.82 Å². The highest BCUT2D eigenvalue weighted by atomic mass is 79.9. The second-order valence-electron chi connectivity index (χ2n) is 5.11. The summed E-state index contributed by atoms with van der Waals surface area (Å²) < 4.78 is 14.5. The quantitative estimate of drug-likeness (QED) is 0.894. The van der Waals surface area contributed by atoms with Gasteiger partial charge in [0.2, 0.25) is 0 Å². The summed E-state index contributed by atoms with van der Waals surface area (Å²) in [4.78, 5) is 2.38. The maximum Gasteiger partial charge on any atom is 0.128 e. The Hall–Kier alpha value is -0.160. The molecule has 0 unspecified atom stereocenters. The topological polar surface area (TPSA) is 15.3 Å². The first kappa shape index (κ1) is 14.3. The predicted molar refractivity (Wildman–Crippen MR) is 76.5 cm³/mol. The molecule has 0 radical (unpaired) electrons. The first-order valence-corrected chi connectivity index (χ1v) is 6.88. The van der Waals surface area contributed by atoms with Gasteiger partial charge < -0.3 is 5.32 Å². The maximum atomic E-state index is 13.7. The summed E-state index contributed by atoms with van der Waals surface area (Å²) in [6, 6.07) is 5.34. The molecule has 100 valence electrons. The van der Waals surface area contributed by atoms with Gasteiger partial charge in [-0.25, -0.2) is 4.39 Å². The van der Waals surface area contributed by atoms with Crippen molar-refractivity contribution in [3.05, 3.63) is 34.1 Å². The Kier molecular flexibility index (Phi) is 4.64. The number of hydrogen-bond donors (Lipinski definition) is 1. The maximum absolute atomic E-state index is 13.7. The molecular weight excluding hydrogens is 319 g/mol. The van der Waals surface area contributed by atoms with Crippen molar-refractivity contribution in [2.45, 2.75) is 6.54 Å². The summed E-state index contributed by atoms with van der Waals surface area (Å²) in [7, 11) is 0. The highest BCUT2D eigenvalue weighted by Crippen LogP contribution is 2.28. The number of rotatable bonds is 2. The SMILES string of the molecule is Cl.Fc1cc(Br)ccc1CN1C[C@H]2CNC[C@H]2C1. The third-order valence-electron chi connectivity index (χ3n) is 3.87. The lowest BCUT2D eigenvalue weighted by molar-refractivity contribution is 0.301. The van der Waals surface area contributed by atoms with Crippen LogP contribution in [0.3, 0.4) is 0 Å². The molecule has 2 saturated heterocycles. The van der Waals surface area contributed by atoms with E-state index in [1.165, 1.54) is 0 Å². The van der Waals surface area contributed by atoms with E-state index in [-0.39, 0.29) is 18.2 Å².